The van der Waals surface area contributed by atoms with E-state index in [9.17, 15) is 9.59 Å². The third kappa shape index (κ3) is 1.62. The molecule has 1 aliphatic heterocycles. The minimum absolute atomic E-state index is 0.0449. The molecule has 1 saturated heterocycles. The van der Waals surface area contributed by atoms with Crippen molar-refractivity contribution in [1.29, 1.82) is 0 Å². The van der Waals surface area contributed by atoms with Crippen molar-refractivity contribution in [2.75, 3.05) is 7.11 Å². The van der Waals surface area contributed by atoms with Gasteiger partial charge in [-0.15, -0.1) is 0 Å². The number of epoxide rings is 1. The third-order valence-corrected chi connectivity index (χ3v) is 3.46. The summed E-state index contributed by atoms with van der Waals surface area (Å²) in [6.07, 6.45) is 1.85. The molecule has 1 fully saturated rings. The Morgan fingerprint density at radius 3 is 2.94 bits per heavy atom. The molecule has 0 spiro atoms. The first-order valence-electron chi connectivity index (χ1n) is 5.90. The van der Waals surface area contributed by atoms with Gasteiger partial charge in [0.25, 0.3) is 0 Å². The Labute approximate surface area is 104 Å². The summed E-state index contributed by atoms with van der Waals surface area (Å²) in [5.74, 6) is -0.582. The smallest absolute Gasteiger partial charge is 0.356 e. The lowest BCUT2D eigenvalue weighted by Crippen LogP contribution is -2.16. The normalized spacial score (nSPS) is 23.9. The van der Waals surface area contributed by atoms with Crippen molar-refractivity contribution < 1.29 is 19.1 Å². The van der Waals surface area contributed by atoms with Crippen LogP contribution in [-0.4, -0.2) is 30.0 Å². The summed E-state index contributed by atoms with van der Waals surface area (Å²) < 4.78 is 10.1. The third-order valence-electron chi connectivity index (χ3n) is 3.46. The number of carbonyl (C=O) groups excluding carboxylic acids is 2. The molecule has 0 radical (unpaired) electrons. The Hall–Kier alpha value is -1.75. The number of esters is 1. The fraction of sp³-hybridized carbons (Fsp3) is 0.462. The second kappa shape index (κ2) is 3.88. The Morgan fingerprint density at radius 2 is 2.28 bits per heavy atom. The number of methoxy groups -OCH3 is 1. The van der Waals surface area contributed by atoms with Gasteiger partial charge in [-0.25, -0.2) is 9.78 Å². The molecule has 2 atom stereocenters. The number of rotatable bonds is 2. The summed E-state index contributed by atoms with van der Waals surface area (Å²) in [6, 6.07) is 1.52. The Bertz CT molecular complexity index is 552. The van der Waals surface area contributed by atoms with E-state index in [-0.39, 0.29) is 23.7 Å². The largest absolute Gasteiger partial charge is 0.464 e. The van der Waals surface area contributed by atoms with Gasteiger partial charge in [-0.3, -0.25) is 4.79 Å². The zero-order valence-electron chi connectivity index (χ0n) is 10.2. The minimum Gasteiger partial charge on any atom is -0.464 e. The van der Waals surface area contributed by atoms with E-state index < -0.39 is 5.97 Å². The average Bonchev–Trinajstić information content (AvgIpc) is 3.15. The van der Waals surface area contributed by atoms with E-state index in [0.717, 1.165) is 24.1 Å². The van der Waals surface area contributed by atoms with Crippen LogP contribution in [0.15, 0.2) is 6.07 Å². The van der Waals surface area contributed by atoms with E-state index >= 15 is 0 Å². The molecule has 1 aromatic heterocycles. The van der Waals surface area contributed by atoms with Gasteiger partial charge in [0, 0.05) is 5.56 Å². The molecule has 0 saturated carbocycles. The number of carbonyl (C=O) groups is 2. The molecule has 2 aliphatic rings. The van der Waals surface area contributed by atoms with Gasteiger partial charge >= 0.3 is 5.97 Å². The SMILES string of the molecule is COC(=O)c1cc(C(C)=O)c2c(n1)[C@H]1O[C@H]1CC2. The summed E-state index contributed by atoms with van der Waals surface area (Å²) in [4.78, 5) is 27.5. The number of hydrogen-bond acceptors (Lipinski definition) is 5. The predicted octanol–water partition coefficient (Wildman–Crippen LogP) is 1.46. The fourth-order valence-corrected chi connectivity index (χ4v) is 2.50. The van der Waals surface area contributed by atoms with Gasteiger partial charge in [-0.1, -0.05) is 0 Å². The Morgan fingerprint density at radius 1 is 1.50 bits per heavy atom. The van der Waals surface area contributed by atoms with E-state index in [0.29, 0.717) is 5.56 Å². The second-order valence-corrected chi connectivity index (χ2v) is 4.60. The molecule has 3 rings (SSSR count). The highest BCUT2D eigenvalue weighted by Gasteiger charge is 2.46. The molecule has 2 heterocycles. The summed E-state index contributed by atoms with van der Waals surface area (Å²) >= 11 is 0. The maximum Gasteiger partial charge on any atom is 0.356 e. The van der Waals surface area contributed by atoms with E-state index in [1.807, 2.05) is 0 Å². The number of aromatic nitrogens is 1. The molecule has 0 amide bonds. The molecular formula is C13H13NO4. The fourth-order valence-electron chi connectivity index (χ4n) is 2.50. The molecule has 5 nitrogen and oxygen atoms in total. The van der Waals surface area contributed by atoms with Crippen LogP contribution in [0, 0.1) is 0 Å². The molecule has 18 heavy (non-hydrogen) atoms. The van der Waals surface area contributed by atoms with Crippen LogP contribution in [0.4, 0.5) is 0 Å². The highest BCUT2D eigenvalue weighted by atomic mass is 16.6. The number of fused-ring (bicyclic) bond motifs is 3. The number of pyridine rings is 1. The monoisotopic (exact) mass is 247 g/mol. The summed E-state index contributed by atoms with van der Waals surface area (Å²) in [5, 5.41) is 0. The van der Waals surface area contributed by atoms with Gasteiger partial charge < -0.3 is 9.47 Å². The maximum atomic E-state index is 11.7. The zero-order valence-corrected chi connectivity index (χ0v) is 10.2. The molecule has 0 bridgehead atoms. The average molecular weight is 247 g/mol. The van der Waals surface area contributed by atoms with Crippen molar-refractivity contribution in [3.63, 3.8) is 0 Å². The molecule has 1 aromatic rings. The van der Waals surface area contributed by atoms with Crippen molar-refractivity contribution in [3.8, 4) is 0 Å². The lowest BCUT2D eigenvalue weighted by molar-refractivity contribution is 0.0593. The molecule has 0 unspecified atom stereocenters. The van der Waals surface area contributed by atoms with Crippen LogP contribution in [0.3, 0.4) is 0 Å². The highest BCUT2D eigenvalue weighted by molar-refractivity contribution is 5.98. The van der Waals surface area contributed by atoms with Crippen LogP contribution in [0.1, 0.15) is 51.6 Å². The number of Topliss-reactive ketones (excluding diaryl/α,β-unsaturated/α-hetero) is 1. The molecule has 5 heteroatoms. The van der Waals surface area contributed by atoms with Crippen LogP contribution in [0.2, 0.25) is 0 Å². The van der Waals surface area contributed by atoms with Crippen molar-refractivity contribution in [3.05, 3.63) is 28.6 Å². The van der Waals surface area contributed by atoms with E-state index in [2.05, 4.69) is 9.72 Å². The quantitative estimate of drug-likeness (QED) is 0.449. The van der Waals surface area contributed by atoms with Crippen LogP contribution in [0.5, 0.6) is 0 Å². The molecule has 0 aromatic carbocycles. The Kier molecular flexibility index (Phi) is 2.45. The topological polar surface area (TPSA) is 68.8 Å². The summed E-state index contributed by atoms with van der Waals surface area (Å²) in [5.41, 5.74) is 2.40. The van der Waals surface area contributed by atoms with Crippen molar-refractivity contribution in [2.24, 2.45) is 0 Å². The summed E-state index contributed by atoms with van der Waals surface area (Å²) in [7, 11) is 1.30. The van der Waals surface area contributed by atoms with E-state index in [1.165, 1.54) is 20.1 Å². The van der Waals surface area contributed by atoms with Crippen LogP contribution >= 0.6 is 0 Å². The van der Waals surface area contributed by atoms with Gasteiger partial charge in [0.1, 0.15) is 11.8 Å². The van der Waals surface area contributed by atoms with Crippen molar-refractivity contribution in [1.82, 2.24) is 4.98 Å². The van der Waals surface area contributed by atoms with Crippen LogP contribution in [-0.2, 0) is 15.9 Å². The van der Waals surface area contributed by atoms with Gasteiger partial charge in [-0.2, -0.15) is 0 Å². The van der Waals surface area contributed by atoms with Gasteiger partial charge in [-0.05, 0) is 31.4 Å². The zero-order chi connectivity index (χ0) is 12.9. The molecule has 0 N–H and O–H groups in total. The number of hydrogen-bond donors (Lipinski definition) is 0. The first-order chi connectivity index (χ1) is 8.61. The summed E-state index contributed by atoms with van der Waals surface area (Å²) in [6.45, 7) is 1.50. The number of nitrogens with zero attached hydrogens (tertiary/aromatic N) is 1. The number of ether oxygens (including phenoxy) is 2. The lowest BCUT2D eigenvalue weighted by Gasteiger charge is -2.15. The molecular weight excluding hydrogens is 234 g/mol. The standard InChI is InChI=1S/C13H13NO4/c1-6(15)8-5-9(13(16)17-2)14-11-7(8)3-4-10-12(11)18-10/h5,10,12H,3-4H2,1-2H3/t10-,12-/m0/s1. The molecule has 1 aliphatic carbocycles. The van der Waals surface area contributed by atoms with Crippen LogP contribution in [0.25, 0.3) is 0 Å². The van der Waals surface area contributed by atoms with E-state index in [1.54, 1.807) is 0 Å². The highest BCUT2D eigenvalue weighted by Crippen LogP contribution is 2.46. The molecule has 94 valence electrons. The predicted molar refractivity (Wildman–Crippen MR) is 61.5 cm³/mol. The van der Waals surface area contributed by atoms with Crippen LogP contribution < -0.4 is 0 Å². The first-order valence-corrected chi connectivity index (χ1v) is 5.90. The number of ketones is 1. The van der Waals surface area contributed by atoms with Gasteiger partial charge in [0.2, 0.25) is 0 Å². The van der Waals surface area contributed by atoms with Crippen molar-refractivity contribution in [2.45, 2.75) is 32.0 Å². The Balaban J connectivity index is 2.15. The maximum absolute atomic E-state index is 11.7. The van der Waals surface area contributed by atoms with E-state index in [4.69, 9.17) is 4.74 Å². The second-order valence-electron chi connectivity index (χ2n) is 4.60. The van der Waals surface area contributed by atoms with Crippen molar-refractivity contribution >= 4 is 11.8 Å². The minimum atomic E-state index is -0.525. The van der Waals surface area contributed by atoms with Gasteiger partial charge in [0.15, 0.2) is 5.78 Å². The van der Waals surface area contributed by atoms with Gasteiger partial charge in [0.05, 0.1) is 18.9 Å². The first kappa shape index (κ1) is 11.3. The lowest BCUT2D eigenvalue weighted by atomic mass is 9.90.